The fourth-order valence-corrected chi connectivity index (χ4v) is 4.55. The molecule has 0 aliphatic carbocycles. The fraction of sp³-hybridized carbons (Fsp3) is 0.522. The molecule has 0 radical (unpaired) electrons. The lowest BCUT2D eigenvalue weighted by Gasteiger charge is -2.30. The number of carbonyl (C=O) groups is 2. The number of piperidine rings is 1. The summed E-state index contributed by atoms with van der Waals surface area (Å²) in [6, 6.07) is 5.37. The molecule has 0 saturated carbocycles. The summed E-state index contributed by atoms with van der Waals surface area (Å²) in [4.78, 5) is 33.7. The number of carbonyl (C=O) groups excluding carboxylic acids is 2. The Hall–Kier alpha value is -2.54. The molecule has 7 nitrogen and oxygen atoms in total. The first-order chi connectivity index (χ1) is 15.0. The largest absolute Gasteiger partial charge is 0.497 e. The van der Waals surface area contributed by atoms with Crippen LogP contribution in [-0.2, 0) is 11.2 Å². The Morgan fingerprint density at radius 3 is 2.52 bits per heavy atom. The van der Waals surface area contributed by atoms with E-state index in [2.05, 4.69) is 4.98 Å². The molecule has 2 aliphatic rings. The molecule has 4 rings (SSSR count). The van der Waals surface area contributed by atoms with Gasteiger partial charge in [0.15, 0.2) is 11.6 Å². The van der Waals surface area contributed by atoms with Gasteiger partial charge in [0, 0.05) is 37.1 Å². The normalized spacial score (nSPS) is 17.3. The average molecular weight is 446 g/mol. The summed E-state index contributed by atoms with van der Waals surface area (Å²) in [6.07, 6.45) is 3.88. The van der Waals surface area contributed by atoms with Crippen LogP contribution in [0.5, 0.6) is 5.75 Å². The maximum atomic E-state index is 12.8. The number of methoxy groups -OCH3 is 1. The van der Waals surface area contributed by atoms with Crippen molar-refractivity contribution < 1.29 is 18.7 Å². The number of likely N-dealkylation sites (tertiary alicyclic amines) is 2. The van der Waals surface area contributed by atoms with Gasteiger partial charge >= 0.3 is 0 Å². The van der Waals surface area contributed by atoms with E-state index in [1.54, 1.807) is 20.1 Å². The van der Waals surface area contributed by atoms with Gasteiger partial charge in [-0.3, -0.25) is 9.59 Å². The standard InChI is InChI=1S/C23H28ClN3O4/c1-15-21(23(29)27-9-3-4-10-27)25-22(31-15)16-7-11-26(12-8-16)20(28)13-17-5-6-18(30-2)14-19(17)24/h5-6,14,16H,3-4,7-13H2,1-2H3. The third-order valence-corrected chi connectivity index (χ3v) is 6.56. The molecular formula is C23H28ClN3O4. The van der Waals surface area contributed by atoms with Gasteiger partial charge in [0.05, 0.1) is 13.5 Å². The number of oxazole rings is 1. The molecule has 166 valence electrons. The van der Waals surface area contributed by atoms with Gasteiger partial charge in [-0.1, -0.05) is 17.7 Å². The zero-order chi connectivity index (χ0) is 22.0. The number of amides is 2. The van der Waals surface area contributed by atoms with Gasteiger partial charge in [-0.25, -0.2) is 4.98 Å². The van der Waals surface area contributed by atoms with E-state index in [1.165, 1.54) is 0 Å². The highest BCUT2D eigenvalue weighted by molar-refractivity contribution is 6.31. The average Bonchev–Trinajstić information content (AvgIpc) is 3.45. The van der Waals surface area contributed by atoms with Gasteiger partial charge in [-0.05, 0) is 50.3 Å². The second-order valence-electron chi connectivity index (χ2n) is 8.25. The van der Waals surface area contributed by atoms with E-state index < -0.39 is 0 Å². The summed E-state index contributed by atoms with van der Waals surface area (Å²) < 4.78 is 11.0. The van der Waals surface area contributed by atoms with E-state index >= 15 is 0 Å². The number of hydrogen-bond acceptors (Lipinski definition) is 5. The molecule has 1 aromatic carbocycles. The van der Waals surface area contributed by atoms with Crippen LogP contribution in [0.25, 0.3) is 0 Å². The van der Waals surface area contributed by atoms with Gasteiger partial charge in [-0.15, -0.1) is 0 Å². The number of hydrogen-bond donors (Lipinski definition) is 0. The van der Waals surface area contributed by atoms with E-state index in [-0.39, 0.29) is 24.2 Å². The molecule has 0 unspecified atom stereocenters. The molecule has 8 heteroatoms. The zero-order valence-corrected chi connectivity index (χ0v) is 18.8. The Morgan fingerprint density at radius 2 is 1.87 bits per heavy atom. The van der Waals surface area contributed by atoms with Gasteiger partial charge in [-0.2, -0.15) is 0 Å². The highest BCUT2D eigenvalue weighted by Crippen LogP contribution is 2.30. The molecule has 0 atom stereocenters. The van der Waals surface area contributed by atoms with Crippen molar-refractivity contribution in [3.63, 3.8) is 0 Å². The van der Waals surface area contributed by atoms with Crippen molar-refractivity contribution in [1.29, 1.82) is 0 Å². The summed E-state index contributed by atoms with van der Waals surface area (Å²) in [5, 5.41) is 0.535. The monoisotopic (exact) mass is 445 g/mol. The van der Waals surface area contributed by atoms with E-state index in [0.29, 0.717) is 41.2 Å². The topological polar surface area (TPSA) is 75.9 Å². The predicted molar refractivity (Wildman–Crippen MR) is 117 cm³/mol. The Morgan fingerprint density at radius 1 is 1.16 bits per heavy atom. The predicted octanol–water partition coefficient (Wildman–Crippen LogP) is 3.83. The molecule has 2 aromatic rings. The van der Waals surface area contributed by atoms with Crippen LogP contribution in [0, 0.1) is 6.92 Å². The van der Waals surface area contributed by atoms with Gasteiger partial charge < -0.3 is 19.0 Å². The number of nitrogens with zero attached hydrogens (tertiary/aromatic N) is 3. The summed E-state index contributed by atoms with van der Waals surface area (Å²) in [5.41, 5.74) is 1.23. The molecule has 2 aliphatic heterocycles. The Kier molecular flexibility index (Phi) is 6.51. The van der Waals surface area contributed by atoms with Crippen LogP contribution >= 0.6 is 11.6 Å². The number of ether oxygens (including phenoxy) is 1. The molecule has 2 amide bonds. The van der Waals surface area contributed by atoms with Crippen LogP contribution in [0.2, 0.25) is 5.02 Å². The Labute approximate surface area is 187 Å². The van der Waals surface area contributed by atoms with E-state index in [1.807, 2.05) is 21.9 Å². The number of aryl methyl sites for hydroxylation is 1. The van der Waals surface area contributed by atoms with Crippen LogP contribution in [0.1, 0.15) is 59.3 Å². The van der Waals surface area contributed by atoms with Crippen molar-refractivity contribution in [2.45, 2.75) is 44.9 Å². The smallest absolute Gasteiger partial charge is 0.276 e. The summed E-state index contributed by atoms with van der Waals surface area (Å²) in [7, 11) is 1.58. The third kappa shape index (κ3) is 4.71. The number of benzene rings is 1. The summed E-state index contributed by atoms with van der Waals surface area (Å²) in [5.74, 6) is 2.01. The first-order valence-corrected chi connectivity index (χ1v) is 11.2. The second kappa shape index (κ2) is 9.30. The van der Waals surface area contributed by atoms with E-state index in [4.69, 9.17) is 20.8 Å². The molecule has 3 heterocycles. The lowest BCUT2D eigenvalue weighted by atomic mass is 9.96. The van der Waals surface area contributed by atoms with Crippen molar-refractivity contribution in [2.24, 2.45) is 0 Å². The zero-order valence-electron chi connectivity index (χ0n) is 18.0. The lowest BCUT2D eigenvalue weighted by Crippen LogP contribution is -2.38. The second-order valence-corrected chi connectivity index (χ2v) is 8.65. The molecular weight excluding hydrogens is 418 g/mol. The molecule has 31 heavy (non-hydrogen) atoms. The summed E-state index contributed by atoms with van der Waals surface area (Å²) >= 11 is 6.28. The summed E-state index contributed by atoms with van der Waals surface area (Å²) in [6.45, 7) is 4.65. The van der Waals surface area contributed by atoms with E-state index in [9.17, 15) is 9.59 Å². The van der Waals surface area contributed by atoms with Crippen molar-refractivity contribution in [3.05, 3.63) is 46.1 Å². The number of halogens is 1. The first kappa shape index (κ1) is 21.7. The number of aromatic nitrogens is 1. The maximum absolute atomic E-state index is 12.8. The Bertz CT molecular complexity index is 960. The van der Waals surface area contributed by atoms with Crippen molar-refractivity contribution >= 4 is 23.4 Å². The molecule has 0 N–H and O–H groups in total. The van der Waals surface area contributed by atoms with Crippen LogP contribution in [-0.4, -0.2) is 59.9 Å². The van der Waals surface area contributed by atoms with Gasteiger partial charge in [0.1, 0.15) is 11.5 Å². The lowest BCUT2D eigenvalue weighted by molar-refractivity contribution is -0.131. The van der Waals surface area contributed by atoms with Gasteiger partial charge in [0.2, 0.25) is 5.91 Å². The Balaban J connectivity index is 1.35. The van der Waals surface area contributed by atoms with Crippen LogP contribution in [0.3, 0.4) is 0 Å². The maximum Gasteiger partial charge on any atom is 0.276 e. The molecule has 0 bridgehead atoms. The quantitative estimate of drug-likeness (QED) is 0.699. The molecule has 0 spiro atoms. The minimum absolute atomic E-state index is 0.0333. The van der Waals surface area contributed by atoms with E-state index in [0.717, 1.165) is 44.3 Å². The van der Waals surface area contributed by atoms with Crippen molar-refractivity contribution in [2.75, 3.05) is 33.3 Å². The third-order valence-electron chi connectivity index (χ3n) is 6.21. The van der Waals surface area contributed by atoms with Gasteiger partial charge in [0.25, 0.3) is 5.91 Å². The minimum atomic E-state index is -0.0333. The molecule has 2 fully saturated rings. The first-order valence-electron chi connectivity index (χ1n) is 10.8. The highest BCUT2D eigenvalue weighted by Gasteiger charge is 2.30. The molecule has 2 saturated heterocycles. The number of rotatable bonds is 5. The minimum Gasteiger partial charge on any atom is -0.497 e. The SMILES string of the molecule is COc1ccc(CC(=O)N2CCC(c3nc(C(=O)N4CCCC4)c(C)o3)CC2)c(Cl)c1. The van der Waals surface area contributed by atoms with Crippen LogP contribution in [0.15, 0.2) is 22.6 Å². The van der Waals surface area contributed by atoms with Crippen molar-refractivity contribution in [3.8, 4) is 5.75 Å². The fourth-order valence-electron chi connectivity index (χ4n) is 4.31. The van der Waals surface area contributed by atoms with Crippen molar-refractivity contribution in [1.82, 2.24) is 14.8 Å². The highest BCUT2D eigenvalue weighted by atomic mass is 35.5. The van der Waals surface area contributed by atoms with Crippen LogP contribution in [0.4, 0.5) is 0 Å². The van der Waals surface area contributed by atoms with Crippen LogP contribution < -0.4 is 4.74 Å². The molecule has 1 aromatic heterocycles.